The lowest BCUT2D eigenvalue weighted by Crippen LogP contribution is -2.65. The lowest BCUT2D eigenvalue weighted by atomic mass is 9.97. The predicted octanol–water partition coefficient (Wildman–Crippen LogP) is 13.8. The topological polar surface area (TPSA) is 228 Å². The molecule has 12 atom stereocenters. The Kier molecular flexibility index (Phi) is 52.1. The number of aliphatic hydroxyl groups is 8. The standard InChI is InChI=1S/C75H121NO13/c1-3-5-7-9-11-13-15-17-19-21-22-23-24-25-26-27-28-29-30-31-32-33-34-35-36-37-38-39-40-41-42-43-45-47-49-51-53-55-57-59-67(80)76-63(64(79)58-56-54-52-50-48-46-44-20-18-16-14-12-10-8-6-4-2)62-86-74-72(85)70(83)73(66(61-78)88-74)89-75-71(84)69(82)68(81)65(60-77)87-75/h5,7,11,13,17,19,22-23,25-26,28-29,31-32,34-35,37-38,40-41,43,45,49,51,56,58,63-66,68-75,77-79,81-85H,3-4,6,8-10,12,14-16,18,20-21,24,27,30,33,36,39,42,44,46-48,50,52-55,57,59-62H2,1-2H3,(H,76,80)/b7-5-,13-11-,19-17-,23-22-,26-25-,29-28-,32-31-,35-34-,38-37-,41-40-,45-43-,51-49-,58-56+. The SMILES string of the molecule is CC/C=C\C/C=C\C/C=C\C/C=C\C/C=C\C/C=C\C/C=C\C/C=C\C/C=C\C/C=C\C/C=C\C/C=C\CCCCC(=O)NC(COC1OC(CO)C(OC2OC(CO)C(O)C(O)C2O)C(O)C1O)C(O)/C=C/CCCCCCCCCCCCCCCC. The van der Waals surface area contributed by atoms with Crippen LogP contribution >= 0.6 is 0 Å². The molecule has 0 aromatic heterocycles. The molecule has 2 saturated heterocycles. The molecule has 0 spiro atoms. The molecule has 0 aromatic carbocycles. The predicted molar refractivity (Wildman–Crippen MR) is 364 cm³/mol. The van der Waals surface area contributed by atoms with E-state index in [9.17, 15) is 45.6 Å². The van der Waals surface area contributed by atoms with Crippen LogP contribution in [-0.4, -0.2) is 140 Å². The summed E-state index contributed by atoms with van der Waals surface area (Å²) in [6, 6.07) is -0.950. The van der Waals surface area contributed by atoms with Gasteiger partial charge < -0.3 is 65.1 Å². The van der Waals surface area contributed by atoms with Gasteiger partial charge in [-0.05, 0) is 109 Å². The third-order valence-electron chi connectivity index (χ3n) is 15.5. The van der Waals surface area contributed by atoms with Crippen LogP contribution in [0, 0.1) is 0 Å². The van der Waals surface area contributed by atoms with E-state index in [1.165, 1.54) is 70.6 Å². The Morgan fingerprint density at radius 3 is 1.19 bits per heavy atom. The first-order valence-corrected chi connectivity index (χ1v) is 34.2. The van der Waals surface area contributed by atoms with Crippen molar-refractivity contribution in [3.63, 3.8) is 0 Å². The number of hydrogen-bond acceptors (Lipinski definition) is 13. The zero-order valence-corrected chi connectivity index (χ0v) is 54.6. The van der Waals surface area contributed by atoms with Gasteiger partial charge in [0.05, 0.1) is 32.0 Å². The normalized spacial score (nSPS) is 24.1. The van der Waals surface area contributed by atoms with Crippen LogP contribution in [0.4, 0.5) is 0 Å². The van der Waals surface area contributed by atoms with Gasteiger partial charge in [-0.3, -0.25) is 4.79 Å². The van der Waals surface area contributed by atoms with E-state index >= 15 is 0 Å². The number of rotatable bonds is 53. The van der Waals surface area contributed by atoms with Crippen molar-refractivity contribution in [2.75, 3.05) is 19.8 Å². The van der Waals surface area contributed by atoms with E-state index in [1.54, 1.807) is 6.08 Å². The van der Waals surface area contributed by atoms with Gasteiger partial charge in [0, 0.05) is 6.42 Å². The van der Waals surface area contributed by atoms with Crippen LogP contribution in [0.5, 0.6) is 0 Å². The Hall–Kier alpha value is -4.39. The maximum absolute atomic E-state index is 13.3. The molecule has 0 aliphatic carbocycles. The summed E-state index contributed by atoms with van der Waals surface area (Å²) in [6.07, 6.45) is 71.5. The molecule has 0 saturated carbocycles. The highest BCUT2D eigenvalue weighted by Crippen LogP contribution is 2.30. The molecule has 2 heterocycles. The molecule has 12 unspecified atom stereocenters. The number of amides is 1. The lowest BCUT2D eigenvalue weighted by molar-refractivity contribution is -0.359. The Morgan fingerprint density at radius 2 is 0.775 bits per heavy atom. The Bertz CT molecular complexity index is 2100. The van der Waals surface area contributed by atoms with E-state index in [-0.39, 0.29) is 18.9 Å². The second-order valence-corrected chi connectivity index (χ2v) is 23.2. The van der Waals surface area contributed by atoms with Crippen LogP contribution in [0.25, 0.3) is 0 Å². The second kappa shape index (κ2) is 57.5. The summed E-state index contributed by atoms with van der Waals surface area (Å²) in [5, 5.41) is 87.2. The van der Waals surface area contributed by atoms with Gasteiger partial charge in [-0.2, -0.15) is 0 Å². The van der Waals surface area contributed by atoms with Gasteiger partial charge in [-0.1, -0.05) is 255 Å². The average molecular weight is 1240 g/mol. The van der Waals surface area contributed by atoms with Crippen LogP contribution in [-0.2, 0) is 23.7 Å². The molecule has 504 valence electrons. The van der Waals surface area contributed by atoms with Crippen LogP contribution in [0.2, 0.25) is 0 Å². The number of ether oxygens (including phenoxy) is 4. The first-order chi connectivity index (χ1) is 43.6. The third-order valence-corrected chi connectivity index (χ3v) is 15.5. The average Bonchev–Trinajstić information content (AvgIpc) is 2.55. The highest BCUT2D eigenvalue weighted by molar-refractivity contribution is 5.76. The maximum atomic E-state index is 13.3. The summed E-state index contributed by atoms with van der Waals surface area (Å²) < 4.78 is 22.8. The fourth-order valence-corrected chi connectivity index (χ4v) is 10.0. The molecule has 14 nitrogen and oxygen atoms in total. The number of carbonyl (C=O) groups excluding carboxylic acids is 1. The fraction of sp³-hybridized carbons (Fsp3) is 0.640. The van der Waals surface area contributed by atoms with Crippen molar-refractivity contribution in [1.29, 1.82) is 0 Å². The Labute approximate surface area is 537 Å². The van der Waals surface area contributed by atoms with Crippen LogP contribution in [0.15, 0.2) is 158 Å². The van der Waals surface area contributed by atoms with Crippen molar-refractivity contribution in [2.24, 2.45) is 0 Å². The molecule has 9 N–H and O–H groups in total. The fourth-order valence-electron chi connectivity index (χ4n) is 10.0. The summed E-state index contributed by atoms with van der Waals surface area (Å²) in [5.41, 5.74) is 0. The number of nitrogens with one attached hydrogen (secondary N) is 1. The van der Waals surface area contributed by atoms with Crippen molar-refractivity contribution in [2.45, 2.75) is 286 Å². The number of aliphatic hydroxyl groups excluding tert-OH is 8. The molecule has 0 bridgehead atoms. The summed E-state index contributed by atoms with van der Waals surface area (Å²) in [6.45, 7) is 2.64. The first-order valence-electron chi connectivity index (χ1n) is 34.2. The third kappa shape index (κ3) is 41.7. The van der Waals surface area contributed by atoms with E-state index in [1.807, 2.05) is 6.08 Å². The Morgan fingerprint density at radius 1 is 0.416 bits per heavy atom. The largest absolute Gasteiger partial charge is 0.394 e. The van der Waals surface area contributed by atoms with Gasteiger partial charge in [0.15, 0.2) is 12.6 Å². The van der Waals surface area contributed by atoms with Gasteiger partial charge >= 0.3 is 0 Å². The number of hydrogen-bond donors (Lipinski definition) is 9. The van der Waals surface area contributed by atoms with E-state index in [0.29, 0.717) is 6.42 Å². The van der Waals surface area contributed by atoms with Crippen molar-refractivity contribution >= 4 is 5.91 Å². The summed E-state index contributed by atoms with van der Waals surface area (Å²) >= 11 is 0. The molecule has 2 fully saturated rings. The summed E-state index contributed by atoms with van der Waals surface area (Å²) in [5.74, 6) is -0.288. The molecule has 2 aliphatic heterocycles. The van der Waals surface area contributed by atoms with Gasteiger partial charge in [-0.15, -0.1) is 0 Å². The van der Waals surface area contributed by atoms with Crippen molar-refractivity contribution in [3.8, 4) is 0 Å². The molecule has 1 amide bonds. The molecular weight excluding hydrogens is 1120 g/mol. The van der Waals surface area contributed by atoms with Crippen LogP contribution in [0.3, 0.4) is 0 Å². The number of unbranched alkanes of at least 4 members (excludes halogenated alkanes) is 16. The number of allylic oxidation sites excluding steroid dienone is 25. The molecular formula is C75H121NO13. The van der Waals surface area contributed by atoms with Gasteiger partial charge in [0.1, 0.15) is 48.8 Å². The van der Waals surface area contributed by atoms with Crippen LogP contribution in [0.1, 0.15) is 213 Å². The molecule has 2 rings (SSSR count). The Balaban J connectivity index is 1.69. The lowest BCUT2D eigenvalue weighted by Gasteiger charge is -2.46. The smallest absolute Gasteiger partial charge is 0.220 e. The van der Waals surface area contributed by atoms with E-state index < -0.39 is 86.8 Å². The van der Waals surface area contributed by atoms with E-state index in [0.717, 1.165) is 116 Å². The van der Waals surface area contributed by atoms with Gasteiger partial charge in [0.2, 0.25) is 5.91 Å². The first kappa shape index (κ1) is 80.7. The zero-order chi connectivity index (χ0) is 64.5. The minimum absolute atomic E-state index is 0.215. The summed E-state index contributed by atoms with van der Waals surface area (Å²) in [4.78, 5) is 13.3. The van der Waals surface area contributed by atoms with Gasteiger partial charge in [0.25, 0.3) is 0 Å². The quantitative estimate of drug-likeness (QED) is 0.0204. The number of carbonyl (C=O) groups is 1. The minimum atomic E-state index is -1.80. The minimum Gasteiger partial charge on any atom is -0.394 e. The maximum Gasteiger partial charge on any atom is 0.220 e. The van der Waals surface area contributed by atoms with Crippen molar-refractivity contribution in [1.82, 2.24) is 5.32 Å². The van der Waals surface area contributed by atoms with E-state index in [2.05, 4.69) is 165 Å². The second-order valence-electron chi connectivity index (χ2n) is 23.2. The monoisotopic (exact) mass is 1240 g/mol. The van der Waals surface area contributed by atoms with Crippen molar-refractivity contribution < 1.29 is 64.6 Å². The van der Waals surface area contributed by atoms with Crippen molar-refractivity contribution in [3.05, 3.63) is 158 Å². The highest BCUT2D eigenvalue weighted by Gasteiger charge is 2.51. The molecule has 0 radical (unpaired) electrons. The van der Waals surface area contributed by atoms with Crippen LogP contribution < -0.4 is 5.32 Å². The van der Waals surface area contributed by atoms with Gasteiger partial charge in [-0.25, -0.2) is 0 Å². The summed E-state index contributed by atoms with van der Waals surface area (Å²) in [7, 11) is 0. The zero-order valence-electron chi connectivity index (χ0n) is 54.6. The van der Waals surface area contributed by atoms with E-state index in [4.69, 9.17) is 18.9 Å². The molecule has 0 aromatic rings. The molecule has 2 aliphatic rings. The molecule has 89 heavy (non-hydrogen) atoms. The molecule has 14 heteroatoms. The highest BCUT2D eigenvalue weighted by atomic mass is 16.7.